The van der Waals surface area contributed by atoms with Crippen molar-refractivity contribution in [2.24, 2.45) is 11.8 Å². The summed E-state index contributed by atoms with van der Waals surface area (Å²) < 4.78 is 0. The van der Waals surface area contributed by atoms with Crippen LogP contribution in [0.4, 0.5) is 0 Å². The average molecular weight is 349 g/mol. The van der Waals surface area contributed by atoms with Gasteiger partial charge in [0.1, 0.15) is 0 Å². The Balaban J connectivity index is 2.00. The fourth-order valence-electron chi connectivity index (χ4n) is 2.78. The number of rotatable bonds is 4. The van der Waals surface area contributed by atoms with Crippen molar-refractivity contribution >= 4 is 29.1 Å². The van der Waals surface area contributed by atoms with Gasteiger partial charge in [0.2, 0.25) is 5.91 Å². The Hall–Kier alpha value is -2.15. The Morgan fingerprint density at radius 3 is 2.33 bits per heavy atom. The average Bonchev–Trinajstić information content (AvgIpc) is 3.03. The number of nitrogens with one attached hydrogen (secondary N) is 2. The smallest absolute Gasteiger partial charge is 0.270 e. The van der Waals surface area contributed by atoms with Gasteiger partial charge in [-0.25, -0.2) is 0 Å². The van der Waals surface area contributed by atoms with Crippen molar-refractivity contribution in [1.29, 1.82) is 0 Å². The van der Waals surface area contributed by atoms with Crippen LogP contribution in [0.1, 0.15) is 48.8 Å². The number of carbonyl (C=O) groups is 3. The van der Waals surface area contributed by atoms with Gasteiger partial charge in [0, 0.05) is 22.1 Å². The highest BCUT2D eigenvalue weighted by Gasteiger charge is 2.33. The van der Waals surface area contributed by atoms with Gasteiger partial charge in [0.15, 0.2) is 0 Å². The molecule has 0 spiro atoms. The number of aliphatic carboxylic acids is 1. The molecule has 2 rings (SSSR count). The highest BCUT2D eigenvalue weighted by molar-refractivity contribution is 7.10. The van der Waals surface area contributed by atoms with Gasteiger partial charge in [0.25, 0.3) is 5.91 Å². The molecular weight excluding hydrogens is 328 g/mol. The minimum atomic E-state index is -1.24. The van der Waals surface area contributed by atoms with E-state index in [1.807, 2.05) is 20.8 Å². The molecule has 2 amide bonds. The fourth-order valence-corrected chi connectivity index (χ4v) is 3.60. The topological polar surface area (TPSA) is 98.3 Å². The Kier molecular flexibility index (Phi) is 5.77. The van der Waals surface area contributed by atoms with E-state index in [1.54, 1.807) is 11.4 Å². The SMILES string of the molecule is CCc1cc(C(=O)NNC(=O)[C@@H]2CC(C)=C(C)C[C@H]2C(=O)[O-])cs1. The molecule has 0 saturated heterocycles. The summed E-state index contributed by atoms with van der Waals surface area (Å²) in [6.07, 6.45) is 1.49. The monoisotopic (exact) mass is 349 g/mol. The molecule has 2 N–H and O–H groups in total. The number of hydrazine groups is 1. The van der Waals surface area contributed by atoms with Crippen molar-refractivity contribution in [1.82, 2.24) is 10.9 Å². The van der Waals surface area contributed by atoms with Crippen molar-refractivity contribution in [2.75, 3.05) is 0 Å². The Morgan fingerprint density at radius 1 is 1.17 bits per heavy atom. The first-order chi connectivity index (χ1) is 11.3. The molecule has 2 atom stereocenters. The number of carboxylic acids is 1. The van der Waals surface area contributed by atoms with E-state index < -0.39 is 29.6 Å². The second-order valence-corrected chi connectivity index (χ2v) is 7.10. The highest BCUT2D eigenvalue weighted by Crippen LogP contribution is 2.33. The van der Waals surface area contributed by atoms with Crippen molar-refractivity contribution < 1.29 is 19.5 Å². The molecule has 7 heteroatoms. The molecule has 0 radical (unpaired) electrons. The molecule has 0 unspecified atom stereocenters. The van der Waals surface area contributed by atoms with Crippen LogP contribution in [0.2, 0.25) is 0 Å². The highest BCUT2D eigenvalue weighted by atomic mass is 32.1. The molecule has 130 valence electrons. The summed E-state index contributed by atoms with van der Waals surface area (Å²) in [7, 11) is 0. The Morgan fingerprint density at radius 2 is 1.79 bits per heavy atom. The Bertz CT molecular complexity index is 693. The molecular formula is C17H21N2O4S-. The van der Waals surface area contributed by atoms with Crippen LogP contribution in [-0.4, -0.2) is 17.8 Å². The van der Waals surface area contributed by atoms with Crippen LogP contribution in [0.15, 0.2) is 22.6 Å². The maximum absolute atomic E-state index is 12.3. The van der Waals surface area contributed by atoms with Gasteiger partial charge in [-0.05, 0) is 39.2 Å². The van der Waals surface area contributed by atoms with E-state index in [1.165, 1.54) is 11.3 Å². The molecule has 1 aliphatic rings. The Labute approximate surface area is 144 Å². The zero-order valence-electron chi connectivity index (χ0n) is 14.0. The van der Waals surface area contributed by atoms with Crippen molar-refractivity contribution in [2.45, 2.75) is 40.0 Å². The minimum absolute atomic E-state index is 0.296. The summed E-state index contributed by atoms with van der Waals surface area (Å²) in [5, 5.41) is 13.0. The lowest BCUT2D eigenvalue weighted by molar-refractivity contribution is -0.313. The van der Waals surface area contributed by atoms with Gasteiger partial charge in [-0.15, -0.1) is 11.3 Å². The summed E-state index contributed by atoms with van der Waals surface area (Å²) >= 11 is 1.48. The van der Waals surface area contributed by atoms with Crippen LogP contribution in [0.3, 0.4) is 0 Å². The third kappa shape index (κ3) is 4.03. The molecule has 1 aliphatic carbocycles. The molecule has 0 saturated carbocycles. The van der Waals surface area contributed by atoms with E-state index in [9.17, 15) is 19.5 Å². The van der Waals surface area contributed by atoms with Gasteiger partial charge in [-0.3, -0.25) is 20.4 Å². The van der Waals surface area contributed by atoms with Crippen LogP contribution in [0, 0.1) is 11.8 Å². The molecule has 0 fully saturated rings. The van der Waals surface area contributed by atoms with Crippen molar-refractivity contribution in [3.05, 3.63) is 33.0 Å². The van der Waals surface area contributed by atoms with E-state index in [-0.39, 0.29) is 0 Å². The molecule has 1 aromatic heterocycles. The first-order valence-electron chi connectivity index (χ1n) is 7.87. The first kappa shape index (κ1) is 18.2. The van der Waals surface area contributed by atoms with Crippen LogP contribution < -0.4 is 16.0 Å². The van der Waals surface area contributed by atoms with E-state index >= 15 is 0 Å². The summed E-state index contributed by atoms with van der Waals surface area (Å²) in [5.41, 5.74) is 7.16. The lowest BCUT2D eigenvalue weighted by Gasteiger charge is -2.32. The third-order valence-corrected chi connectivity index (χ3v) is 5.55. The molecule has 1 heterocycles. The van der Waals surface area contributed by atoms with Gasteiger partial charge < -0.3 is 9.90 Å². The lowest BCUT2D eigenvalue weighted by Crippen LogP contribution is -2.49. The normalized spacial score (nSPS) is 20.6. The number of hydrogen-bond acceptors (Lipinski definition) is 5. The largest absolute Gasteiger partial charge is 0.550 e. The fraction of sp³-hybridized carbons (Fsp3) is 0.471. The number of carboxylic acid groups (broad SMARTS) is 1. The first-order valence-corrected chi connectivity index (χ1v) is 8.75. The van der Waals surface area contributed by atoms with Gasteiger partial charge in [-0.1, -0.05) is 18.1 Å². The molecule has 24 heavy (non-hydrogen) atoms. The summed E-state index contributed by atoms with van der Waals surface area (Å²) in [6.45, 7) is 5.75. The lowest BCUT2D eigenvalue weighted by atomic mass is 9.76. The number of carbonyl (C=O) groups excluding carboxylic acids is 3. The summed E-state index contributed by atoms with van der Waals surface area (Å²) in [6, 6.07) is 1.77. The number of allylic oxidation sites excluding steroid dienone is 2. The zero-order valence-corrected chi connectivity index (χ0v) is 14.8. The number of thiophene rings is 1. The van der Waals surface area contributed by atoms with E-state index in [4.69, 9.17) is 0 Å². The van der Waals surface area contributed by atoms with E-state index in [2.05, 4.69) is 10.9 Å². The van der Waals surface area contributed by atoms with Crippen LogP contribution in [0.5, 0.6) is 0 Å². The second-order valence-electron chi connectivity index (χ2n) is 6.10. The minimum Gasteiger partial charge on any atom is -0.550 e. The van der Waals surface area contributed by atoms with Gasteiger partial charge >= 0.3 is 0 Å². The van der Waals surface area contributed by atoms with Gasteiger partial charge in [0.05, 0.1) is 11.5 Å². The second kappa shape index (κ2) is 7.61. The number of amides is 2. The third-order valence-electron chi connectivity index (χ3n) is 4.47. The van der Waals surface area contributed by atoms with Crippen LogP contribution in [0.25, 0.3) is 0 Å². The van der Waals surface area contributed by atoms with Crippen LogP contribution in [-0.2, 0) is 16.0 Å². The van der Waals surface area contributed by atoms with Gasteiger partial charge in [-0.2, -0.15) is 0 Å². The maximum atomic E-state index is 12.3. The predicted octanol–water partition coefficient (Wildman–Crippen LogP) is 1.18. The molecule has 0 bridgehead atoms. The predicted molar refractivity (Wildman–Crippen MR) is 88.9 cm³/mol. The zero-order chi connectivity index (χ0) is 17.9. The summed E-state index contributed by atoms with van der Waals surface area (Å²) in [4.78, 5) is 36.8. The molecule has 0 aromatic carbocycles. The quantitative estimate of drug-likeness (QED) is 0.630. The maximum Gasteiger partial charge on any atom is 0.270 e. The molecule has 6 nitrogen and oxygen atoms in total. The molecule has 1 aromatic rings. The van der Waals surface area contributed by atoms with Crippen molar-refractivity contribution in [3.63, 3.8) is 0 Å². The van der Waals surface area contributed by atoms with E-state index in [0.29, 0.717) is 18.4 Å². The summed E-state index contributed by atoms with van der Waals surface area (Å²) in [5.74, 6) is -3.77. The van der Waals surface area contributed by atoms with Crippen LogP contribution >= 0.6 is 11.3 Å². The standard InChI is InChI=1S/C17H22N2O4S/c1-4-12-7-11(8-24-12)15(20)18-19-16(21)13-5-9(2)10(3)6-14(13)17(22)23/h7-8,13-14H,4-6H2,1-3H3,(H,18,20)(H,19,21)(H,22,23)/p-1/t13-,14-/m1/s1. The van der Waals surface area contributed by atoms with E-state index in [0.717, 1.165) is 22.4 Å². The van der Waals surface area contributed by atoms with Crippen molar-refractivity contribution in [3.8, 4) is 0 Å². The number of hydrogen-bond donors (Lipinski definition) is 2. The molecule has 0 aliphatic heterocycles. The number of aryl methyl sites for hydroxylation is 1.